The second kappa shape index (κ2) is 12.5. The molecule has 2 rings (SSSR count). The fourth-order valence-corrected chi connectivity index (χ4v) is 2.26. The van der Waals surface area contributed by atoms with E-state index in [1.165, 1.54) is 30.7 Å². The summed E-state index contributed by atoms with van der Waals surface area (Å²) in [7, 11) is 0. The van der Waals surface area contributed by atoms with Gasteiger partial charge in [-0.05, 0) is 37.8 Å². The zero-order chi connectivity index (χ0) is 19.6. The number of rotatable bonds is 5. The van der Waals surface area contributed by atoms with Gasteiger partial charge in [0, 0.05) is 28.1 Å². The Balaban J connectivity index is 0.000000504. The summed E-state index contributed by atoms with van der Waals surface area (Å²) in [4.78, 5) is 10.6. The second-order valence-electron chi connectivity index (χ2n) is 5.39. The van der Waals surface area contributed by atoms with Gasteiger partial charge in [-0.25, -0.2) is 4.79 Å². The first-order chi connectivity index (χ1) is 12.2. The van der Waals surface area contributed by atoms with Gasteiger partial charge in [-0.3, -0.25) is 0 Å². The summed E-state index contributed by atoms with van der Waals surface area (Å²) in [5.41, 5.74) is 8.13. The molecule has 0 aromatic heterocycles. The van der Waals surface area contributed by atoms with Crippen molar-refractivity contribution in [2.75, 3.05) is 0 Å². The van der Waals surface area contributed by atoms with E-state index in [1.54, 1.807) is 6.07 Å². The Morgan fingerprint density at radius 3 is 2.15 bits per heavy atom. The van der Waals surface area contributed by atoms with E-state index in [-0.39, 0.29) is 40.1 Å². The van der Waals surface area contributed by atoms with Crippen molar-refractivity contribution in [2.24, 2.45) is 11.6 Å². The van der Waals surface area contributed by atoms with Crippen LogP contribution < -0.4 is 16.3 Å². The first kappa shape index (κ1) is 25.1. The van der Waals surface area contributed by atoms with Gasteiger partial charge in [0.15, 0.2) is 5.88 Å². The molecule has 5 N–H and O–H groups in total. The standard InChI is InChI=1S/C9H16N3O3.C7H5F3O.Ta/c10-8(7(12-11)9(13)14)15-6-4-2-1-3-5-6;8-7(9,10)11-6-4-2-1-3-5-6;/h6H,1-5,10-11H2,(H,13,14);1-5H;/q-1;;/b8-7+;;. The quantitative estimate of drug-likeness (QED) is 0.221. The maximum Gasteiger partial charge on any atom is 0.573 e. The Labute approximate surface area is 170 Å². The minimum absolute atomic E-state index is 0. The average molecular weight is 557 g/mol. The third-order valence-corrected chi connectivity index (χ3v) is 3.39. The molecule has 151 valence electrons. The van der Waals surface area contributed by atoms with E-state index < -0.39 is 18.0 Å². The van der Waals surface area contributed by atoms with Crippen LogP contribution in [-0.2, 0) is 31.9 Å². The zero-order valence-electron chi connectivity index (χ0n) is 14.4. The average Bonchev–Trinajstić information content (AvgIpc) is 2.56. The number of benzene rings is 1. The molecule has 0 amide bonds. The van der Waals surface area contributed by atoms with Gasteiger partial charge in [-0.15, -0.1) is 13.2 Å². The number of hydrogen-bond donors (Lipinski definition) is 3. The van der Waals surface area contributed by atoms with Crippen molar-refractivity contribution in [1.29, 1.82) is 0 Å². The summed E-state index contributed by atoms with van der Waals surface area (Å²) >= 11 is 0. The molecule has 0 atom stereocenters. The molecule has 27 heavy (non-hydrogen) atoms. The molecule has 1 fully saturated rings. The van der Waals surface area contributed by atoms with Gasteiger partial charge in [-0.2, -0.15) is 0 Å². The normalized spacial score (nSPS) is 15.3. The fourth-order valence-electron chi connectivity index (χ4n) is 2.26. The van der Waals surface area contributed by atoms with Crippen LogP contribution in [0.25, 0.3) is 5.43 Å². The number of halogens is 3. The Hall–Kier alpha value is -1.88. The summed E-state index contributed by atoms with van der Waals surface area (Å²) in [6.45, 7) is 0. The van der Waals surface area contributed by atoms with Crippen molar-refractivity contribution in [2.45, 2.75) is 44.6 Å². The van der Waals surface area contributed by atoms with E-state index >= 15 is 0 Å². The van der Waals surface area contributed by atoms with Gasteiger partial charge in [-0.1, -0.05) is 24.6 Å². The van der Waals surface area contributed by atoms with Crippen LogP contribution in [0.15, 0.2) is 41.9 Å². The van der Waals surface area contributed by atoms with Crippen LogP contribution in [0.4, 0.5) is 13.2 Å². The topological polar surface area (TPSA) is 122 Å². The van der Waals surface area contributed by atoms with Gasteiger partial charge < -0.3 is 31.6 Å². The van der Waals surface area contributed by atoms with E-state index in [9.17, 15) is 18.0 Å². The van der Waals surface area contributed by atoms with E-state index in [0.29, 0.717) is 0 Å². The predicted octanol–water partition coefficient (Wildman–Crippen LogP) is 3.38. The smallest absolute Gasteiger partial charge is 0.573 e. The van der Waals surface area contributed by atoms with Gasteiger partial charge >= 0.3 is 12.3 Å². The minimum atomic E-state index is -4.60. The van der Waals surface area contributed by atoms with Crippen LogP contribution in [0.5, 0.6) is 5.75 Å². The SMILES string of the molecule is FC(F)(F)Oc1ccccc1.N[N-]/C(C(=O)O)=C(\N)OC1CCCCC1.[Ta]. The third-order valence-electron chi connectivity index (χ3n) is 3.39. The van der Waals surface area contributed by atoms with E-state index in [4.69, 9.17) is 21.4 Å². The monoisotopic (exact) mass is 557 g/mol. The maximum absolute atomic E-state index is 11.5. The molecular formula is C16H21F3N3O4Ta-. The number of ether oxygens (including phenoxy) is 2. The molecule has 0 saturated heterocycles. The molecule has 0 heterocycles. The Bertz CT molecular complexity index is 594. The molecule has 7 nitrogen and oxygen atoms in total. The van der Waals surface area contributed by atoms with Crippen molar-refractivity contribution >= 4 is 5.97 Å². The molecule has 0 aliphatic heterocycles. The van der Waals surface area contributed by atoms with Crippen molar-refractivity contribution < 1.29 is 54.9 Å². The largest absolute Gasteiger partial charge is 0.615 e. The molecule has 11 heteroatoms. The molecule has 1 aliphatic carbocycles. The molecule has 0 unspecified atom stereocenters. The molecule has 0 spiro atoms. The van der Waals surface area contributed by atoms with Crippen LogP contribution in [0.1, 0.15) is 32.1 Å². The number of carbonyl (C=O) groups is 1. The molecule has 1 aromatic carbocycles. The van der Waals surface area contributed by atoms with Crippen molar-refractivity contribution in [3.05, 3.63) is 47.3 Å². The number of alkyl halides is 3. The number of nitrogens with zero attached hydrogens (tertiary/aromatic N) is 1. The molecule has 1 saturated carbocycles. The number of nitrogens with two attached hydrogens (primary N) is 2. The van der Waals surface area contributed by atoms with Gasteiger partial charge in [0.05, 0.1) is 0 Å². The summed E-state index contributed by atoms with van der Waals surface area (Å²) < 4.78 is 43.5. The van der Waals surface area contributed by atoms with Gasteiger partial charge in [0.1, 0.15) is 11.9 Å². The van der Waals surface area contributed by atoms with Crippen LogP contribution in [0, 0.1) is 0 Å². The van der Waals surface area contributed by atoms with Crippen LogP contribution in [-0.4, -0.2) is 23.5 Å². The summed E-state index contributed by atoms with van der Waals surface area (Å²) in [5.74, 6) is 3.24. The Morgan fingerprint density at radius 2 is 1.70 bits per heavy atom. The number of hydrogen-bond acceptors (Lipinski definition) is 5. The number of carboxylic acid groups (broad SMARTS) is 1. The third kappa shape index (κ3) is 10.8. The summed E-state index contributed by atoms with van der Waals surface area (Å²) in [6, 6.07) is 7.05. The van der Waals surface area contributed by atoms with Crippen molar-refractivity contribution in [3.8, 4) is 5.75 Å². The number of carboxylic acids is 1. The van der Waals surface area contributed by atoms with E-state index in [1.807, 2.05) is 0 Å². The number of para-hydroxylation sites is 1. The molecule has 1 radical (unpaired) electrons. The first-order valence-corrected chi connectivity index (χ1v) is 7.84. The van der Waals surface area contributed by atoms with Gasteiger partial charge in [0.25, 0.3) is 0 Å². The van der Waals surface area contributed by atoms with Gasteiger partial charge in [0.2, 0.25) is 0 Å². The molecule has 1 aromatic rings. The fraction of sp³-hybridized carbons (Fsp3) is 0.438. The van der Waals surface area contributed by atoms with E-state index in [2.05, 4.69) is 10.2 Å². The second-order valence-corrected chi connectivity index (χ2v) is 5.39. The zero-order valence-corrected chi connectivity index (χ0v) is 17.6. The van der Waals surface area contributed by atoms with Crippen LogP contribution in [0.2, 0.25) is 0 Å². The number of aliphatic carboxylic acids is 1. The minimum Gasteiger partial charge on any atom is -0.615 e. The summed E-state index contributed by atoms with van der Waals surface area (Å²) in [5, 5.41) is 8.68. The van der Waals surface area contributed by atoms with Crippen molar-refractivity contribution in [3.63, 3.8) is 0 Å². The molecular weight excluding hydrogens is 536 g/mol. The Kier molecular flexibility index (Phi) is 11.6. The molecule has 0 bridgehead atoms. The first-order valence-electron chi connectivity index (χ1n) is 7.84. The molecule has 1 aliphatic rings. The predicted molar refractivity (Wildman–Crippen MR) is 87.5 cm³/mol. The van der Waals surface area contributed by atoms with Crippen LogP contribution in [0.3, 0.4) is 0 Å². The summed E-state index contributed by atoms with van der Waals surface area (Å²) in [6.07, 6.45) is 0.559. The van der Waals surface area contributed by atoms with E-state index in [0.717, 1.165) is 25.7 Å². The Morgan fingerprint density at radius 1 is 1.15 bits per heavy atom. The maximum atomic E-state index is 11.5. The van der Waals surface area contributed by atoms with Crippen LogP contribution >= 0.6 is 0 Å². The van der Waals surface area contributed by atoms with Crippen molar-refractivity contribution in [1.82, 2.24) is 0 Å².